The third-order valence-corrected chi connectivity index (χ3v) is 5.52. The molecule has 0 spiro atoms. The van der Waals surface area contributed by atoms with Gasteiger partial charge in [0.25, 0.3) is 0 Å². The molecule has 0 radical (unpaired) electrons. The van der Waals surface area contributed by atoms with Crippen LogP contribution in [0.1, 0.15) is 19.4 Å². The zero-order valence-electron chi connectivity index (χ0n) is 17.7. The van der Waals surface area contributed by atoms with E-state index in [2.05, 4.69) is 10.2 Å². The average Bonchev–Trinajstić information content (AvgIpc) is 3.17. The highest BCUT2D eigenvalue weighted by Crippen LogP contribution is 2.34. The third kappa shape index (κ3) is 4.59. The van der Waals surface area contributed by atoms with Gasteiger partial charge in [-0.2, -0.15) is 0 Å². The molecular formula is C22H25N3O4S. The Kier molecular flexibility index (Phi) is 6.99. The topological polar surface area (TPSA) is 75.5 Å². The van der Waals surface area contributed by atoms with Crippen molar-refractivity contribution in [2.75, 3.05) is 20.8 Å². The maximum atomic E-state index is 12.2. The molecule has 0 saturated carbocycles. The summed E-state index contributed by atoms with van der Waals surface area (Å²) in [5.41, 5.74) is 2.77. The maximum Gasteiger partial charge on any atom is 0.319 e. The Morgan fingerprint density at radius 3 is 2.37 bits per heavy atom. The van der Waals surface area contributed by atoms with Crippen molar-refractivity contribution in [1.29, 1.82) is 0 Å². The lowest BCUT2D eigenvalue weighted by Crippen LogP contribution is -2.17. The summed E-state index contributed by atoms with van der Waals surface area (Å²) >= 11 is 1.31. The van der Waals surface area contributed by atoms with Gasteiger partial charge in [0.1, 0.15) is 16.7 Å². The van der Waals surface area contributed by atoms with Crippen LogP contribution in [0.25, 0.3) is 17.1 Å². The summed E-state index contributed by atoms with van der Waals surface area (Å²) < 4.78 is 17.9. The summed E-state index contributed by atoms with van der Waals surface area (Å²) in [7, 11) is 3.21. The molecule has 158 valence electrons. The minimum atomic E-state index is -0.426. The standard InChI is InChI=1S/C22H25N3O4S/c1-6-29-21(26)15(3)30-22-24-23-20(25(22)19-10-8-7-9-14(19)2)16-11-17(27-4)13-18(12-16)28-5/h7-13,15H,6H2,1-5H3/t15-/m1/s1. The number of esters is 1. The lowest BCUT2D eigenvalue weighted by molar-refractivity contribution is -0.142. The first-order valence-corrected chi connectivity index (χ1v) is 10.4. The minimum absolute atomic E-state index is 0.286. The number of para-hydroxylation sites is 1. The average molecular weight is 428 g/mol. The summed E-state index contributed by atoms with van der Waals surface area (Å²) in [4.78, 5) is 12.2. The molecule has 0 fully saturated rings. The Balaban J connectivity index is 2.14. The second-order valence-corrected chi connectivity index (χ2v) is 7.85. The molecular weight excluding hydrogens is 402 g/mol. The number of hydrogen-bond acceptors (Lipinski definition) is 7. The van der Waals surface area contributed by atoms with Gasteiger partial charge in [0.2, 0.25) is 0 Å². The molecule has 0 unspecified atom stereocenters. The van der Waals surface area contributed by atoms with Gasteiger partial charge in [-0.3, -0.25) is 9.36 Å². The lowest BCUT2D eigenvalue weighted by atomic mass is 10.1. The van der Waals surface area contributed by atoms with Crippen molar-refractivity contribution >= 4 is 17.7 Å². The Labute approximate surface area is 180 Å². The normalized spacial score (nSPS) is 11.8. The van der Waals surface area contributed by atoms with Gasteiger partial charge in [0.05, 0.1) is 26.5 Å². The number of rotatable bonds is 8. The number of thioether (sulfide) groups is 1. The van der Waals surface area contributed by atoms with E-state index in [1.54, 1.807) is 34.1 Å². The van der Waals surface area contributed by atoms with Gasteiger partial charge >= 0.3 is 5.97 Å². The van der Waals surface area contributed by atoms with Crippen molar-refractivity contribution < 1.29 is 19.0 Å². The Bertz CT molecular complexity index is 1010. The van der Waals surface area contributed by atoms with Gasteiger partial charge in [-0.05, 0) is 44.5 Å². The fourth-order valence-corrected chi connectivity index (χ4v) is 3.83. The molecule has 0 bridgehead atoms. The van der Waals surface area contributed by atoms with E-state index in [4.69, 9.17) is 14.2 Å². The summed E-state index contributed by atoms with van der Waals surface area (Å²) in [6.07, 6.45) is 0. The fraction of sp³-hybridized carbons (Fsp3) is 0.318. The highest BCUT2D eigenvalue weighted by molar-refractivity contribution is 8.00. The fourth-order valence-electron chi connectivity index (χ4n) is 2.97. The Morgan fingerprint density at radius 2 is 1.77 bits per heavy atom. The third-order valence-electron chi connectivity index (χ3n) is 4.50. The molecule has 1 heterocycles. The SMILES string of the molecule is CCOC(=O)[C@@H](C)Sc1nnc(-c2cc(OC)cc(OC)c2)n1-c1ccccc1C. The van der Waals surface area contributed by atoms with Gasteiger partial charge in [-0.1, -0.05) is 30.0 Å². The smallest absolute Gasteiger partial charge is 0.319 e. The first-order valence-electron chi connectivity index (χ1n) is 9.56. The Hall–Kier alpha value is -3.00. The van der Waals surface area contributed by atoms with E-state index in [9.17, 15) is 4.79 Å². The van der Waals surface area contributed by atoms with Gasteiger partial charge < -0.3 is 14.2 Å². The van der Waals surface area contributed by atoms with Crippen LogP contribution in [0, 0.1) is 6.92 Å². The van der Waals surface area contributed by atoms with Crippen molar-refractivity contribution in [3.05, 3.63) is 48.0 Å². The second-order valence-electron chi connectivity index (χ2n) is 6.54. The number of hydrogen-bond donors (Lipinski definition) is 0. The van der Waals surface area contributed by atoms with Crippen LogP contribution in [-0.2, 0) is 9.53 Å². The second kappa shape index (κ2) is 9.67. The monoisotopic (exact) mass is 427 g/mol. The number of aromatic nitrogens is 3. The van der Waals surface area contributed by atoms with Crippen LogP contribution in [-0.4, -0.2) is 46.8 Å². The molecule has 3 rings (SSSR count). The quantitative estimate of drug-likeness (QED) is 0.392. The van der Waals surface area contributed by atoms with Crippen LogP contribution in [0.3, 0.4) is 0 Å². The first-order chi connectivity index (χ1) is 14.5. The van der Waals surface area contributed by atoms with Gasteiger partial charge in [0, 0.05) is 11.6 Å². The van der Waals surface area contributed by atoms with E-state index in [-0.39, 0.29) is 5.97 Å². The largest absolute Gasteiger partial charge is 0.497 e. The molecule has 0 aliphatic heterocycles. The van der Waals surface area contributed by atoms with Crippen molar-refractivity contribution in [2.45, 2.75) is 31.2 Å². The van der Waals surface area contributed by atoms with Crippen molar-refractivity contribution in [3.63, 3.8) is 0 Å². The highest BCUT2D eigenvalue weighted by atomic mass is 32.2. The van der Waals surface area contributed by atoms with Crippen LogP contribution in [0.15, 0.2) is 47.6 Å². The predicted octanol–water partition coefficient (Wildman–Crippen LogP) is 4.30. The maximum absolute atomic E-state index is 12.2. The first kappa shape index (κ1) is 21.7. The van der Waals surface area contributed by atoms with Crippen molar-refractivity contribution in [1.82, 2.24) is 14.8 Å². The number of carbonyl (C=O) groups is 1. The number of aryl methyl sites for hydroxylation is 1. The number of carbonyl (C=O) groups excluding carboxylic acids is 1. The molecule has 2 aromatic carbocycles. The van der Waals surface area contributed by atoms with E-state index < -0.39 is 5.25 Å². The van der Waals surface area contributed by atoms with Gasteiger partial charge in [-0.15, -0.1) is 10.2 Å². The van der Waals surface area contributed by atoms with E-state index in [0.29, 0.717) is 29.1 Å². The van der Waals surface area contributed by atoms with Crippen molar-refractivity contribution in [2.24, 2.45) is 0 Å². The number of ether oxygens (including phenoxy) is 3. The van der Waals surface area contributed by atoms with Crippen LogP contribution in [0.4, 0.5) is 0 Å². The molecule has 8 heteroatoms. The van der Waals surface area contributed by atoms with Crippen LogP contribution < -0.4 is 9.47 Å². The molecule has 1 atom stereocenters. The summed E-state index contributed by atoms with van der Waals surface area (Å²) in [6, 6.07) is 13.5. The zero-order chi connectivity index (χ0) is 21.7. The molecule has 0 aliphatic carbocycles. The summed E-state index contributed by atoms with van der Waals surface area (Å²) in [6.45, 7) is 5.95. The molecule has 0 amide bonds. The molecule has 0 N–H and O–H groups in total. The molecule has 7 nitrogen and oxygen atoms in total. The van der Waals surface area contributed by atoms with E-state index in [1.807, 2.05) is 47.9 Å². The Morgan fingerprint density at radius 1 is 1.10 bits per heavy atom. The number of nitrogens with zero attached hydrogens (tertiary/aromatic N) is 3. The lowest BCUT2D eigenvalue weighted by Gasteiger charge is -2.15. The van der Waals surface area contributed by atoms with Crippen LogP contribution in [0.5, 0.6) is 11.5 Å². The molecule has 1 aromatic heterocycles. The molecule has 0 aliphatic rings. The van der Waals surface area contributed by atoms with E-state index >= 15 is 0 Å². The van der Waals surface area contributed by atoms with Gasteiger partial charge in [-0.25, -0.2) is 0 Å². The number of methoxy groups -OCH3 is 2. The number of benzene rings is 2. The summed E-state index contributed by atoms with van der Waals surface area (Å²) in [5.74, 6) is 1.64. The molecule has 3 aromatic rings. The summed E-state index contributed by atoms with van der Waals surface area (Å²) in [5, 5.41) is 9.00. The molecule has 30 heavy (non-hydrogen) atoms. The highest BCUT2D eigenvalue weighted by Gasteiger charge is 2.23. The van der Waals surface area contributed by atoms with Gasteiger partial charge in [0.15, 0.2) is 11.0 Å². The van der Waals surface area contributed by atoms with Crippen molar-refractivity contribution in [3.8, 4) is 28.6 Å². The van der Waals surface area contributed by atoms with E-state index in [0.717, 1.165) is 16.8 Å². The van der Waals surface area contributed by atoms with Crippen LogP contribution >= 0.6 is 11.8 Å². The van der Waals surface area contributed by atoms with Crippen LogP contribution in [0.2, 0.25) is 0 Å². The van der Waals surface area contributed by atoms with E-state index in [1.165, 1.54) is 11.8 Å². The molecule has 0 saturated heterocycles. The minimum Gasteiger partial charge on any atom is -0.497 e. The predicted molar refractivity (Wildman–Crippen MR) is 117 cm³/mol. The zero-order valence-corrected chi connectivity index (χ0v) is 18.5.